The van der Waals surface area contributed by atoms with Crippen molar-refractivity contribution in [2.45, 2.75) is 13.8 Å². The summed E-state index contributed by atoms with van der Waals surface area (Å²) in [6.45, 7) is 3.64. The van der Waals surface area contributed by atoms with Crippen LogP contribution in [-0.4, -0.2) is 25.2 Å². The summed E-state index contributed by atoms with van der Waals surface area (Å²) in [6.07, 6.45) is 0. The zero-order chi connectivity index (χ0) is 15.2. The molecule has 2 rings (SSSR count). The Bertz CT molecular complexity index is 641. The van der Waals surface area contributed by atoms with Crippen LogP contribution >= 0.6 is 0 Å². The molecule has 0 aromatic heterocycles. The molecule has 0 unspecified atom stereocenters. The van der Waals surface area contributed by atoms with Crippen molar-refractivity contribution >= 4 is 22.7 Å². The molecule has 0 N–H and O–H groups in total. The first-order chi connectivity index (χ1) is 10.1. The van der Waals surface area contributed by atoms with Crippen LogP contribution in [0, 0.1) is 5.92 Å². The first kappa shape index (κ1) is 15.0. The van der Waals surface area contributed by atoms with Gasteiger partial charge in [-0.05, 0) is 16.8 Å². The molecular weight excluding hydrogens is 268 g/mol. The highest BCUT2D eigenvalue weighted by atomic mass is 16.6. The van der Waals surface area contributed by atoms with Crippen LogP contribution in [-0.2, 0) is 14.3 Å². The molecule has 0 aliphatic carbocycles. The van der Waals surface area contributed by atoms with Crippen molar-refractivity contribution < 1.29 is 19.1 Å². The van der Waals surface area contributed by atoms with E-state index >= 15 is 0 Å². The molecule has 0 aliphatic rings. The van der Waals surface area contributed by atoms with Gasteiger partial charge in [0.05, 0.1) is 11.5 Å². The molecule has 2 aromatic rings. The van der Waals surface area contributed by atoms with Crippen LogP contribution in [0.15, 0.2) is 42.5 Å². The maximum Gasteiger partial charge on any atom is 0.338 e. The fourth-order valence-corrected chi connectivity index (χ4v) is 1.92. The minimum atomic E-state index is -0.410. The van der Waals surface area contributed by atoms with Gasteiger partial charge in [-0.15, -0.1) is 0 Å². The molecule has 0 fully saturated rings. The lowest BCUT2D eigenvalue weighted by Crippen LogP contribution is -2.17. The van der Waals surface area contributed by atoms with E-state index in [0.717, 1.165) is 10.8 Å². The summed E-state index contributed by atoms with van der Waals surface area (Å²) in [6, 6.07) is 13.1. The Kier molecular flexibility index (Phi) is 4.93. The van der Waals surface area contributed by atoms with E-state index in [4.69, 9.17) is 9.47 Å². The van der Waals surface area contributed by atoms with E-state index in [0.29, 0.717) is 5.56 Å². The highest BCUT2D eigenvalue weighted by Gasteiger charge is 2.12. The molecule has 2 aromatic carbocycles. The molecule has 4 nitrogen and oxygen atoms in total. The number of hydrogen-bond acceptors (Lipinski definition) is 4. The van der Waals surface area contributed by atoms with Gasteiger partial charge in [-0.3, -0.25) is 4.79 Å². The largest absolute Gasteiger partial charge is 0.462 e. The average molecular weight is 286 g/mol. The summed E-state index contributed by atoms with van der Waals surface area (Å²) in [5.74, 6) is -0.887. The molecule has 110 valence electrons. The van der Waals surface area contributed by atoms with Crippen LogP contribution in [0.1, 0.15) is 24.2 Å². The third-order valence-electron chi connectivity index (χ3n) is 3.04. The predicted molar refractivity (Wildman–Crippen MR) is 80.0 cm³/mol. The van der Waals surface area contributed by atoms with Gasteiger partial charge in [0.2, 0.25) is 0 Å². The minimum Gasteiger partial charge on any atom is -0.462 e. The summed E-state index contributed by atoms with van der Waals surface area (Å²) < 4.78 is 10.1. The standard InChI is InChI=1S/C17H18O4/c1-12(2)16(18)20-10-11-21-17(19)15-9-5-7-13-6-3-4-8-14(13)15/h3-9,12H,10-11H2,1-2H3. The third kappa shape index (κ3) is 3.81. The fraction of sp³-hybridized carbons (Fsp3) is 0.294. The second-order valence-corrected chi connectivity index (χ2v) is 4.98. The van der Waals surface area contributed by atoms with E-state index in [1.54, 1.807) is 19.9 Å². The molecule has 0 spiro atoms. The number of carbonyl (C=O) groups excluding carboxylic acids is 2. The molecule has 0 saturated heterocycles. The van der Waals surface area contributed by atoms with Gasteiger partial charge in [0, 0.05) is 0 Å². The third-order valence-corrected chi connectivity index (χ3v) is 3.04. The van der Waals surface area contributed by atoms with Gasteiger partial charge in [0.15, 0.2) is 0 Å². The summed E-state index contributed by atoms with van der Waals surface area (Å²) in [4.78, 5) is 23.3. The van der Waals surface area contributed by atoms with Gasteiger partial charge in [-0.1, -0.05) is 50.2 Å². The second kappa shape index (κ2) is 6.88. The van der Waals surface area contributed by atoms with E-state index in [-0.39, 0.29) is 25.1 Å². The molecule has 0 atom stereocenters. The maximum absolute atomic E-state index is 12.1. The second-order valence-electron chi connectivity index (χ2n) is 4.98. The van der Waals surface area contributed by atoms with Crippen molar-refractivity contribution in [3.63, 3.8) is 0 Å². The highest BCUT2D eigenvalue weighted by molar-refractivity contribution is 6.04. The Morgan fingerprint density at radius 1 is 0.952 bits per heavy atom. The maximum atomic E-state index is 12.1. The summed E-state index contributed by atoms with van der Waals surface area (Å²) in [5, 5.41) is 1.84. The van der Waals surface area contributed by atoms with Crippen LogP contribution in [0.5, 0.6) is 0 Å². The van der Waals surface area contributed by atoms with E-state index in [2.05, 4.69) is 0 Å². The molecule has 0 heterocycles. The number of rotatable bonds is 5. The average Bonchev–Trinajstić information content (AvgIpc) is 2.50. The molecule has 4 heteroatoms. The zero-order valence-corrected chi connectivity index (χ0v) is 12.2. The van der Waals surface area contributed by atoms with Gasteiger partial charge in [-0.25, -0.2) is 4.79 Å². The van der Waals surface area contributed by atoms with Gasteiger partial charge in [0.1, 0.15) is 13.2 Å². The van der Waals surface area contributed by atoms with Crippen molar-refractivity contribution in [3.05, 3.63) is 48.0 Å². The highest BCUT2D eigenvalue weighted by Crippen LogP contribution is 2.19. The Hall–Kier alpha value is -2.36. The van der Waals surface area contributed by atoms with Crippen molar-refractivity contribution in [3.8, 4) is 0 Å². The summed E-state index contributed by atoms with van der Waals surface area (Å²) >= 11 is 0. The van der Waals surface area contributed by atoms with Gasteiger partial charge in [-0.2, -0.15) is 0 Å². The van der Waals surface area contributed by atoms with E-state index in [1.165, 1.54) is 0 Å². The SMILES string of the molecule is CC(C)C(=O)OCCOC(=O)c1cccc2ccccc12. The van der Waals surface area contributed by atoms with E-state index in [1.807, 2.05) is 36.4 Å². The monoisotopic (exact) mass is 286 g/mol. The fourth-order valence-electron chi connectivity index (χ4n) is 1.92. The Morgan fingerprint density at radius 3 is 2.38 bits per heavy atom. The lowest BCUT2D eigenvalue weighted by molar-refractivity contribution is -0.148. The first-order valence-electron chi connectivity index (χ1n) is 6.91. The van der Waals surface area contributed by atoms with Crippen LogP contribution in [0.4, 0.5) is 0 Å². The normalized spacial score (nSPS) is 10.6. The predicted octanol–water partition coefficient (Wildman–Crippen LogP) is 3.20. The molecule has 0 bridgehead atoms. The first-order valence-corrected chi connectivity index (χ1v) is 6.91. The van der Waals surface area contributed by atoms with Crippen LogP contribution in [0.2, 0.25) is 0 Å². The smallest absolute Gasteiger partial charge is 0.338 e. The molecular formula is C17H18O4. The lowest BCUT2D eigenvalue weighted by Gasteiger charge is -2.09. The van der Waals surface area contributed by atoms with E-state index in [9.17, 15) is 9.59 Å². The minimum absolute atomic E-state index is 0.0561. The Morgan fingerprint density at radius 2 is 1.62 bits per heavy atom. The summed E-state index contributed by atoms with van der Waals surface area (Å²) in [5.41, 5.74) is 0.517. The quantitative estimate of drug-likeness (QED) is 0.625. The van der Waals surface area contributed by atoms with Crippen molar-refractivity contribution in [2.75, 3.05) is 13.2 Å². The van der Waals surface area contributed by atoms with Crippen LogP contribution in [0.3, 0.4) is 0 Å². The Balaban J connectivity index is 1.95. The Labute approximate surface area is 123 Å². The van der Waals surface area contributed by atoms with Gasteiger partial charge < -0.3 is 9.47 Å². The van der Waals surface area contributed by atoms with Gasteiger partial charge >= 0.3 is 11.9 Å². The molecule has 21 heavy (non-hydrogen) atoms. The number of ether oxygens (including phenoxy) is 2. The lowest BCUT2D eigenvalue weighted by atomic mass is 10.1. The molecule has 0 radical (unpaired) electrons. The number of benzene rings is 2. The molecule has 0 amide bonds. The van der Waals surface area contributed by atoms with E-state index < -0.39 is 5.97 Å². The van der Waals surface area contributed by atoms with Gasteiger partial charge in [0.25, 0.3) is 0 Å². The number of carbonyl (C=O) groups is 2. The topological polar surface area (TPSA) is 52.6 Å². The van der Waals surface area contributed by atoms with Crippen LogP contribution < -0.4 is 0 Å². The zero-order valence-electron chi connectivity index (χ0n) is 12.2. The van der Waals surface area contributed by atoms with Crippen molar-refractivity contribution in [2.24, 2.45) is 5.92 Å². The summed E-state index contributed by atoms with van der Waals surface area (Å²) in [7, 11) is 0. The molecule has 0 saturated carbocycles. The molecule has 0 aliphatic heterocycles. The van der Waals surface area contributed by atoms with Crippen molar-refractivity contribution in [1.29, 1.82) is 0 Å². The van der Waals surface area contributed by atoms with Crippen LogP contribution in [0.25, 0.3) is 10.8 Å². The number of hydrogen-bond donors (Lipinski definition) is 0. The van der Waals surface area contributed by atoms with Crippen molar-refractivity contribution in [1.82, 2.24) is 0 Å². The number of fused-ring (bicyclic) bond motifs is 1. The number of esters is 2.